The Balaban J connectivity index is 0.00000117. The van der Waals surface area contributed by atoms with E-state index in [9.17, 15) is 0 Å². The zero-order valence-electron chi connectivity index (χ0n) is 16.7. The summed E-state index contributed by atoms with van der Waals surface area (Å²) in [5.41, 5.74) is 9.18. The molecule has 0 amide bonds. The Bertz CT molecular complexity index is 772. The number of benzene rings is 3. The van der Waals surface area contributed by atoms with Crippen LogP contribution in [0.25, 0.3) is 11.1 Å². The van der Waals surface area contributed by atoms with E-state index >= 15 is 0 Å². The van der Waals surface area contributed by atoms with E-state index in [0.29, 0.717) is 0 Å². The minimum Gasteiger partial charge on any atom is -0.0683 e. The van der Waals surface area contributed by atoms with E-state index < -0.39 is 0 Å². The van der Waals surface area contributed by atoms with Crippen LogP contribution in [-0.2, 0) is 0 Å². The summed E-state index contributed by atoms with van der Waals surface area (Å²) in [5, 5.41) is 0. The quantitative estimate of drug-likeness (QED) is 0.426. The Labute approximate surface area is 159 Å². The maximum atomic E-state index is 2.24. The summed E-state index contributed by atoms with van der Waals surface area (Å²) in [4.78, 5) is 0. The summed E-state index contributed by atoms with van der Waals surface area (Å²) in [5.74, 6) is 0. The maximum absolute atomic E-state index is 2.24. The van der Waals surface area contributed by atoms with Crippen LogP contribution in [0.2, 0.25) is 0 Å². The van der Waals surface area contributed by atoms with Crippen LogP contribution in [0.15, 0.2) is 78.9 Å². The summed E-state index contributed by atoms with van der Waals surface area (Å²) in [6, 6.07) is 28.5. The predicted octanol–water partition coefficient (Wildman–Crippen LogP) is 7.70. The number of rotatable bonds is 4. The van der Waals surface area contributed by atoms with Crippen molar-refractivity contribution < 1.29 is 0 Å². The van der Waals surface area contributed by atoms with Gasteiger partial charge >= 0.3 is 0 Å². The number of aryl methyl sites for hydroxylation is 2. The summed E-state index contributed by atoms with van der Waals surface area (Å²) < 4.78 is 0. The first-order valence-electron chi connectivity index (χ1n) is 9.61. The summed E-state index contributed by atoms with van der Waals surface area (Å²) in [7, 11) is 0. The molecule has 0 aliphatic carbocycles. The average molecular weight is 343 g/mol. The molecule has 0 aliphatic heterocycles. The first-order chi connectivity index (χ1) is 12.7. The highest BCUT2D eigenvalue weighted by Crippen LogP contribution is 2.34. The van der Waals surface area contributed by atoms with Gasteiger partial charge in [0.15, 0.2) is 0 Å². The molecule has 3 aromatic carbocycles. The van der Waals surface area contributed by atoms with E-state index in [-0.39, 0.29) is 0 Å². The van der Waals surface area contributed by atoms with Gasteiger partial charge in [-0.2, -0.15) is 0 Å². The minimum atomic E-state index is 1.00. The molecular weight excluding hydrogens is 312 g/mol. The van der Waals surface area contributed by atoms with E-state index in [1.54, 1.807) is 0 Å². The Kier molecular flexibility index (Phi) is 7.41. The van der Waals surface area contributed by atoms with Crippen LogP contribution in [0.1, 0.15) is 55.0 Å². The van der Waals surface area contributed by atoms with Crippen molar-refractivity contribution in [2.24, 2.45) is 0 Å². The van der Waals surface area contributed by atoms with Gasteiger partial charge in [0.05, 0.1) is 0 Å². The van der Waals surface area contributed by atoms with Crippen LogP contribution in [-0.4, -0.2) is 0 Å². The third-order valence-electron chi connectivity index (χ3n) is 4.46. The average Bonchev–Trinajstić information content (AvgIpc) is 2.70. The molecule has 0 nitrogen and oxygen atoms in total. The van der Waals surface area contributed by atoms with Crippen molar-refractivity contribution in [3.05, 3.63) is 107 Å². The topological polar surface area (TPSA) is 0 Å². The van der Waals surface area contributed by atoms with Crippen LogP contribution in [0, 0.1) is 13.8 Å². The molecule has 0 atom stereocenters. The van der Waals surface area contributed by atoms with E-state index in [2.05, 4.69) is 99.6 Å². The molecule has 0 aromatic heterocycles. The largest absolute Gasteiger partial charge is 0.0683 e. The SMILES string of the molecule is CC.CCC(=C(c1ccc(C)cc1)c1ccc(C)cc1)c1ccccc1. The van der Waals surface area contributed by atoms with Crippen LogP contribution < -0.4 is 0 Å². The van der Waals surface area contributed by atoms with Crippen molar-refractivity contribution in [2.45, 2.75) is 41.0 Å². The minimum absolute atomic E-state index is 1.00. The van der Waals surface area contributed by atoms with Crippen LogP contribution in [0.3, 0.4) is 0 Å². The van der Waals surface area contributed by atoms with Gasteiger partial charge in [0.1, 0.15) is 0 Å². The van der Waals surface area contributed by atoms with Gasteiger partial charge in [-0.05, 0) is 48.1 Å². The summed E-state index contributed by atoms with van der Waals surface area (Å²) in [6.45, 7) is 10.5. The second-order valence-corrected chi connectivity index (χ2v) is 6.31. The van der Waals surface area contributed by atoms with Crippen molar-refractivity contribution >= 4 is 11.1 Å². The molecule has 3 aromatic rings. The molecule has 0 heteroatoms. The summed E-state index contributed by atoms with van der Waals surface area (Å²) in [6.07, 6.45) is 1.00. The van der Waals surface area contributed by atoms with Crippen molar-refractivity contribution in [3.8, 4) is 0 Å². The zero-order chi connectivity index (χ0) is 18.9. The van der Waals surface area contributed by atoms with Gasteiger partial charge in [-0.3, -0.25) is 0 Å². The smallest absolute Gasteiger partial charge is 0.00735 e. The van der Waals surface area contributed by atoms with Crippen molar-refractivity contribution in [1.82, 2.24) is 0 Å². The molecule has 0 saturated heterocycles. The monoisotopic (exact) mass is 342 g/mol. The fourth-order valence-electron chi connectivity index (χ4n) is 3.12. The Morgan fingerprint density at radius 2 is 1.00 bits per heavy atom. The molecule has 0 spiro atoms. The lowest BCUT2D eigenvalue weighted by Gasteiger charge is -2.16. The van der Waals surface area contributed by atoms with Gasteiger partial charge in [-0.1, -0.05) is 111 Å². The second kappa shape index (κ2) is 9.77. The number of hydrogen-bond acceptors (Lipinski definition) is 0. The molecular formula is C26H30. The molecule has 0 saturated carbocycles. The molecule has 0 N–H and O–H groups in total. The van der Waals surface area contributed by atoms with Crippen LogP contribution in [0.4, 0.5) is 0 Å². The predicted molar refractivity (Wildman–Crippen MR) is 116 cm³/mol. The van der Waals surface area contributed by atoms with Crippen LogP contribution >= 0.6 is 0 Å². The number of hydrogen-bond donors (Lipinski definition) is 0. The van der Waals surface area contributed by atoms with Crippen molar-refractivity contribution in [3.63, 3.8) is 0 Å². The highest BCUT2D eigenvalue weighted by Gasteiger charge is 2.12. The van der Waals surface area contributed by atoms with Gasteiger partial charge in [-0.25, -0.2) is 0 Å². The Hall–Kier alpha value is -2.60. The molecule has 3 rings (SSSR count). The van der Waals surface area contributed by atoms with Gasteiger partial charge in [0.2, 0.25) is 0 Å². The Morgan fingerprint density at radius 3 is 1.38 bits per heavy atom. The highest BCUT2D eigenvalue weighted by atomic mass is 14.2. The van der Waals surface area contributed by atoms with Gasteiger partial charge in [0, 0.05) is 0 Å². The molecule has 0 unspecified atom stereocenters. The maximum Gasteiger partial charge on any atom is -0.00735 e. The van der Waals surface area contributed by atoms with E-state index in [1.165, 1.54) is 39.0 Å². The van der Waals surface area contributed by atoms with Crippen molar-refractivity contribution in [2.75, 3.05) is 0 Å². The molecule has 0 radical (unpaired) electrons. The highest BCUT2D eigenvalue weighted by molar-refractivity contribution is 5.98. The second-order valence-electron chi connectivity index (χ2n) is 6.31. The third-order valence-corrected chi connectivity index (χ3v) is 4.46. The molecule has 0 fully saturated rings. The van der Waals surface area contributed by atoms with E-state index in [0.717, 1.165) is 6.42 Å². The molecule has 0 aliphatic rings. The molecule has 134 valence electrons. The van der Waals surface area contributed by atoms with Gasteiger partial charge in [0.25, 0.3) is 0 Å². The number of allylic oxidation sites excluding steroid dienone is 1. The van der Waals surface area contributed by atoms with Gasteiger partial charge < -0.3 is 0 Å². The van der Waals surface area contributed by atoms with Gasteiger partial charge in [-0.15, -0.1) is 0 Å². The standard InChI is InChI=1S/C24H24.C2H6/c1-4-23(20-8-6-5-7-9-20)24(21-14-10-18(2)11-15-21)22-16-12-19(3)13-17-22;1-2/h5-17H,4H2,1-3H3;1-2H3. The fraction of sp³-hybridized carbons (Fsp3) is 0.231. The molecule has 0 bridgehead atoms. The lowest BCUT2D eigenvalue weighted by atomic mass is 9.88. The molecule has 0 heterocycles. The van der Waals surface area contributed by atoms with E-state index in [4.69, 9.17) is 0 Å². The van der Waals surface area contributed by atoms with Crippen LogP contribution in [0.5, 0.6) is 0 Å². The zero-order valence-corrected chi connectivity index (χ0v) is 16.7. The molecule has 26 heavy (non-hydrogen) atoms. The lowest BCUT2D eigenvalue weighted by Crippen LogP contribution is -1.95. The Morgan fingerprint density at radius 1 is 0.577 bits per heavy atom. The first-order valence-corrected chi connectivity index (χ1v) is 9.61. The normalized spacial score (nSPS) is 9.88. The summed E-state index contributed by atoms with van der Waals surface area (Å²) >= 11 is 0. The van der Waals surface area contributed by atoms with Crippen molar-refractivity contribution in [1.29, 1.82) is 0 Å². The third kappa shape index (κ3) is 4.73. The lowest BCUT2D eigenvalue weighted by molar-refractivity contribution is 1.24. The van der Waals surface area contributed by atoms with E-state index in [1.807, 2.05) is 13.8 Å². The first kappa shape index (κ1) is 19.7. The fourth-order valence-corrected chi connectivity index (χ4v) is 3.12.